The zero-order valence-corrected chi connectivity index (χ0v) is 17.6. The Labute approximate surface area is 179 Å². The van der Waals surface area contributed by atoms with Crippen LogP contribution in [0.1, 0.15) is 40.2 Å². The van der Waals surface area contributed by atoms with E-state index >= 15 is 0 Å². The molecule has 0 spiro atoms. The summed E-state index contributed by atoms with van der Waals surface area (Å²) in [5, 5.41) is 12.3. The molecule has 154 valence electrons. The monoisotopic (exact) mass is 423 g/mol. The van der Waals surface area contributed by atoms with Gasteiger partial charge in [0.05, 0.1) is 4.92 Å². The molecule has 0 unspecified atom stereocenters. The van der Waals surface area contributed by atoms with E-state index in [-0.39, 0.29) is 11.5 Å². The highest BCUT2D eigenvalue weighted by Crippen LogP contribution is 2.33. The molecule has 2 aromatic carbocycles. The second-order valence-electron chi connectivity index (χ2n) is 7.58. The Morgan fingerprint density at radius 2 is 1.70 bits per heavy atom. The lowest BCUT2D eigenvalue weighted by Gasteiger charge is -2.17. The Morgan fingerprint density at radius 1 is 1.03 bits per heavy atom. The van der Waals surface area contributed by atoms with Crippen molar-refractivity contribution in [1.29, 1.82) is 0 Å². The number of benzene rings is 2. The maximum atomic E-state index is 13.3. The van der Waals surface area contributed by atoms with Gasteiger partial charge in [-0.15, -0.1) is 0 Å². The van der Waals surface area contributed by atoms with Crippen LogP contribution in [0.15, 0.2) is 48.5 Å². The number of carbonyl (C=O) groups excluding carboxylic acids is 1. The van der Waals surface area contributed by atoms with Crippen LogP contribution in [0.3, 0.4) is 0 Å². The van der Waals surface area contributed by atoms with Crippen molar-refractivity contribution in [1.82, 2.24) is 4.57 Å². The molecule has 1 aliphatic rings. The molecular formula is C23H22ClN3O3. The van der Waals surface area contributed by atoms with E-state index in [0.717, 1.165) is 43.0 Å². The van der Waals surface area contributed by atoms with Crippen LogP contribution >= 0.6 is 11.6 Å². The first-order valence-electron chi connectivity index (χ1n) is 9.90. The van der Waals surface area contributed by atoms with E-state index in [4.69, 9.17) is 11.6 Å². The number of nitrogens with zero attached hydrogens (tertiary/aromatic N) is 3. The molecule has 30 heavy (non-hydrogen) atoms. The third-order valence-corrected chi connectivity index (χ3v) is 5.89. The molecule has 1 fully saturated rings. The number of hydrogen-bond acceptors (Lipinski definition) is 4. The number of anilines is 1. The highest BCUT2D eigenvalue weighted by molar-refractivity contribution is 6.30. The average Bonchev–Trinajstić information content (AvgIpc) is 3.36. The maximum absolute atomic E-state index is 13.3. The predicted octanol–water partition coefficient (Wildman–Crippen LogP) is 5.49. The third-order valence-electron chi connectivity index (χ3n) is 5.64. The molecule has 0 aliphatic carbocycles. The molecule has 4 rings (SSSR count). The van der Waals surface area contributed by atoms with Crippen LogP contribution in [0, 0.1) is 24.0 Å². The van der Waals surface area contributed by atoms with Crippen LogP contribution in [-0.4, -0.2) is 28.4 Å². The fraction of sp³-hybridized carbons (Fsp3) is 0.261. The maximum Gasteiger partial charge on any atom is 0.293 e. The summed E-state index contributed by atoms with van der Waals surface area (Å²) in [6.07, 6.45) is 2.04. The molecule has 0 amide bonds. The van der Waals surface area contributed by atoms with Gasteiger partial charge in [0.1, 0.15) is 5.69 Å². The number of hydrogen-bond donors (Lipinski definition) is 0. The summed E-state index contributed by atoms with van der Waals surface area (Å²) in [7, 11) is 0. The van der Waals surface area contributed by atoms with Crippen molar-refractivity contribution in [3.05, 3.63) is 86.2 Å². The Bertz CT molecular complexity index is 1130. The van der Waals surface area contributed by atoms with Crippen molar-refractivity contribution in [3.8, 4) is 5.69 Å². The summed E-state index contributed by atoms with van der Waals surface area (Å²) in [5.41, 5.74) is 4.01. The zero-order chi connectivity index (χ0) is 21.4. The topological polar surface area (TPSA) is 68.4 Å². The van der Waals surface area contributed by atoms with Gasteiger partial charge in [0, 0.05) is 52.4 Å². The summed E-state index contributed by atoms with van der Waals surface area (Å²) in [4.78, 5) is 26.5. The lowest BCUT2D eigenvalue weighted by molar-refractivity contribution is -0.384. The number of halogens is 1. The van der Waals surface area contributed by atoms with E-state index in [1.165, 1.54) is 6.07 Å². The minimum atomic E-state index is -0.401. The predicted molar refractivity (Wildman–Crippen MR) is 118 cm³/mol. The van der Waals surface area contributed by atoms with E-state index in [2.05, 4.69) is 0 Å². The van der Waals surface area contributed by atoms with Crippen molar-refractivity contribution in [2.75, 3.05) is 18.0 Å². The first kappa shape index (κ1) is 20.2. The smallest absolute Gasteiger partial charge is 0.293 e. The highest BCUT2D eigenvalue weighted by atomic mass is 35.5. The molecule has 1 aromatic heterocycles. The lowest BCUT2D eigenvalue weighted by Crippen LogP contribution is -2.19. The first-order valence-corrected chi connectivity index (χ1v) is 10.3. The number of aromatic nitrogens is 1. The van der Waals surface area contributed by atoms with Crippen molar-refractivity contribution in [3.63, 3.8) is 0 Å². The Kier molecular flexibility index (Phi) is 5.35. The van der Waals surface area contributed by atoms with Crippen molar-refractivity contribution in [2.45, 2.75) is 26.7 Å². The molecule has 1 aliphatic heterocycles. The fourth-order valence-corrected chi connectivity index (χ4v) is 4.30. The SMILES string of the molecule is Cc1cc(C(=O)c2ccc(N3CCCC3)c([N+](=O)[O-])c2)c(C)n1-c1ccc(Cl)cc1. The summed E-state index contributed by atoms with van der Waals surface area (Å²) in [6, 6.07) is 14.0. The Balaban J connectivity index is 1.73. The number of nitro groups is 1. The Morgan fingerprint density at radius 3 is 2.33 bits per heavy atom. The quantitative estimate of drug-likeness (QED) is 0.309. The van der Waals surface area contributed by atoms with Crippen molar-refractivity contribution in [2.24, 2.45) is 0 Å². The molecule has 1 saturated heterocycles. The molecule has 0 atom stereocenters. The van der Waals surface area contributed by atoms with Gasteiger partial charge >= 0.3 is 0 Å². The van der Waals surface area contributed by atoms with Gasteiger partial charge in [0.2, 0.25) is 0 Å². The van der Waals surface area contributed by atoms with Crippen molar-refractivity contribution < 1.29 is 9.72 Å². The lowest BCUT2D eigenvalue weighted by atomic mass is 10.0. The van der Waals surface area contributed by atoms with E-state index in [1.54, 1.807) is 24.3 Å². The van der Waals surface area contributed by atoms with E-state index < -0.39 is 4.92 Å². The van der Waals surface area contributed by atoms with Crippen LogP contribution in [0.2, 0.25) is 5.02 Å². The van der Waals surface area contributed by atoms with Gasteiger partial charge in [0.15, 0.2) is 5.78 Å². The van der Waals surface area contributed by atoms with Gasteiger partial charge < -0.3 is 9.47 Å². The largest absolute Gasteiger partial charge is 0.366 e. The molecule has 0 radical (unpaired) electrons. The van der Waals surface area contributed by atoms with E-state index in [0.29, 0.717) is 21.8 Å². The van der Waals surface area contributed by atoms with Gasteiger partial charge in [-0.1, -0.05) is 11.6 Å². The number of aryl methyl sites for hydroxylation is 1. The van der Waals surface area contributed by atoms with E-state index in [9.17, 15) is 14.9 Å². The molecule has 3 aromatic rings. The second-order valence-corrected chi connectivity index (χ2v) is 8.02. The van der Waals surface area contributed by atoms with Crippen LogP contribution in [0.4, 0.5) is 11.4 Å². The number of rotatable bonds is 5. The number of nitro benzene ring substituents is 1. The fourth-order valence-electron chi connectivity index (χ4n) is 4.17. The molecule has 0 bridgehead atoms. The van der Waals surface area contributed by atoms with Gasteiger partial charge in [-0.3, -0.25) is 14.9 Å². The summed E-state index contributed by atoms with van der Waals surface area (Å²) in [6.45, 7) is 5.41. The summed E-state index contributed by atoms with van der Waals surface area (Å²) < 4.78 is 1.98. The van der Waals surface area contributed by atoms with E-state index in [1.807, 2.05) is 41.5 Å². The zero-order valence-electron chi connectivity index (χ0n) is 16.9. The minimum absolute atomic E-state index is 0.0192. The Hall–Kier alpha value is -3.12. The summed E-state index contributed by atoms with van der Waals surface area (Å²) >= 11 is 5.99. The molecular weight excluding hydrogens is 402 g/mol. The molecule has 6 nitrogen and oxygen atoms in total. The first-order chi connectivity index (χ1) is 14.4. The normalized spacial score (nSPS) is 13.6. The highest BCUT2D eigenvalue weighted by Gasteiger charge is 2.25. The second kappa shape index (κ2) is 7.95. The third kappa shape index (κ3) is 3.59. The molecule has 2 heterocycles. The number of carbonyl (C=O) groups is 1. The van der Waals surface area contributed by atoms with Crippen LogP contribution in [-0.2, 0) is 0 Å². The standard InChI is InChI=1S/C23H22ClN3O3/c1-15-13-20(16(2)26(15)19-8-6-18(24)7-9-19)23(28)17-5-10-21(22(14-17)27(29)30)25-11-3-4-12-25/h5-10,13-14H,3-4,11-12H2,1-2H3. The van der Waals surface area contributed by atoms with Crippen LogP contribution < -0.4 is 4.90 Å². The van der Waals surface area contributed by atoms with Gasteiger partial charge in [-0.25, -0.2) is 0 Å². The molecule has 7 heteroatoms. The molecule has 0 N–H and O–H groups in total. The van der Waals surface area contributed by atoms with Gasteiger partial charge in [0.25, 0.3) is 5.69 Å². The van der Waals surface area contributed by atoms with Gasteiger partial charge in [-0.05, 0) is 69.2 Å². The van der Waals surface area contributed by atoms with Crippen LogP contribution in [0.5, 0.6) is 0 Å². The van der Waals surface area contributed by atoms with Crippen LogP contribution in [0.25, 0.3) is 5.69 Å². The summed E-state index contributed by atoms with van der Waals surface area (Å²) in [5.74, 6) is -0.223. The number of ketones is 1. The molecule has 0 saturated carbocycles. The minimum Gasteiger partial charge on any atom is -0.366 e. The van der Waals surface area contributed by atoms with Crippen molar-refractivity contribution >= 4 is 28.8 Å². The van der Waals surface area contributed by atoms with Gasteiger partial charge in [-0.2, -0.15) is 0 Å². The average molecular weight is 424 g/mol.